The maximum atomic E-state index is 13.9. The van der Waals surface area contributed by atoms with Crippen molar-refractivity contribution < 1.29 is 17.6 Å². The fourth-order valence-electron chi connectivity index (χ4n) is 2.09. The lowest BCUT2D eigenvalue weighted by atomic mass is 9.97. The van der Waals surface area contributed by atoms with Crippen LogP contribution in [0, 0.1) is 5.82 Å². The second-order valence-electron chi connectivity index (χ2n) is 4.43. The van der Waals surface area contributed by atoms with Crippen LogP contribution in [0.15, 0.2) is 36.5 Å². The number of rotatable bonds is 3. The second-order valence-corrected chi connectivity index (χ2v) is 4.43. The second kappa shape index (κ2) is 5.69. The van der Waals surface area contributed by atoms with Crippen LogP contribution in [0.5, 0.6) is 0 Å². The summed E-state index contributed by atoms with van der Waals surface area (Å²) in [5.41, 5.74) is 5.08. The Labute approximate surface area is 118 Å². The first-order chi connectivity index (χ1) is 9.84. The molecular weight excluding hydrogens is 286 g/mol. The van der Waals surface area contributed by atoms with Gasteiger partial charge in [0.2, 0.25) is 0 Å². The largest absolute Gasteiger partial charge is 0.416 e. The number of pyridine rings is 1. The summed E-state index contributed by atoms with van der Waals surface area (Å²) in [4.78, 5) is 3.87. The molecule has 0 aliphatic heterocycles. The van der Waals surface area contributed by atoms with Gasteiger partial charge in [0.05, 0.1) is 11.6 Å². The third kappa shape index (κ3) is 3.13. The minimum Gasteiger partial charge on any atom is -0.383 e. The fourth-order valence-corrected chi connectivity index (χ4v) is 2.09. The maximum Gasteiger partial charge on any atom is 0.416 e. The van der Waals surface area contributed by atoms with E-state index in [4.69, 9.17) is 5.73 Å². The molecule has 1 heterocycles. The minimum absolute atomic E-state index is 0.132. The number of benzene rings is 1. The lowest BCUT2D eigenvalue weighted by molar-refractivity contribution is -0.137. The minimum atomic E-state index is -4.54. The van der Waals surface area contributed by atoms with Crippen molar-refractivity contribution in [1.29, 1.82) is 0 Å². The van der Waals surface area contributed by atoms with Crippen LogP contribution in [0.4, 0.5) is 23.4 Å². The van der Waals surface area contributed by atoms with E-state index in [1.807, 2.05) is 0 Å². The molecule has 1 atom stereocenters. The summed E-state index contributed by atoms with van der Waals surface area (Å²) in [6.45, 7) is 0. The molecule has 1 aromatic carbocycles. The van der Waals surface area contributed by atoms with Crippen molar-refractivity contribution in [1.82, 2.24) is 10.3 Å². The summed E-state index contributed by atoms with van der Waals surface area (Å²) in [5.74, 6) is -0.612. The fraction of sp³-hybridized carbons (Fsp3) is 0.214. The molecule has 112 valence electrons. The zero-order valence-electron chi connectivity index (χ0n) is 11.1. The molecule has 0 aliphatic rings. The van der Waals surface area contributed by atoms with Crippen LogP contribution >= 0.6 is 0 Å². The monoisotopic (exact) mass is 299 g/mol. The maximum absolute atomic E-state index is 13.9. The number of anilines is 1. The summed E-state index contributed by atoms with van der Waals surface area (Å²) in [6, 6.07) is 4.64. The first kappa shape index (κ1) is 15.2. The Morgan fingerprint density at radius 2 is 1.90 bits per heavy atom. The number of hydrogen-bond acceptors (Lipinski definition) is 3. The van der Waals surface area contributed by atoms with Crippen LogP contribution in [0.1, 0.15) is 22.7 Å². The van der Waals surface area contributed by atoms with Gasteiger partial charge in [-0.1, -0.05) is 6.07 Å². The summed E-state index contributed by atoms with van der Waals surface area (Å²) < 4.78 is 52.3. The number of aromatic nitrogens is 1. The number of alkyl halides is 3. The Bertz CT molecular complexity index is 640. The zero-order chi connectivity index (χ0) is 15.6. The lowest BCUT2D eigenvalue weighted by Crippen LogP contribution is -2.21. The standard InChI is InChI=1S/C14H13F4N3/c1-20-12(9-3-2-6-21-13(9)19)10-7-8(14(16,17)18)4-5-11(10)15/h2-7,12,20H,1H3,(H2,19,21). The number of nitrogens with zero attached hydrogens (tertiary/aromatic N) is 1. The van der Waals surface area contributed by atoms with Crippen molar-refractivity contribution in [2.45, 2.75) is 12.2 Å². The van der Waals surface area contributed by atoms with Gasteiger partial charge in [0.25, 0.3) is 0 Å². The van der Waals surface area contributed by atoms with E-state index >= 15 is 0 Å². The molecule has 0 amide bonds. The molecule has 0 aliphatic carbocycles. The summed E-state index contributed by atoms with van der Waals surface area (Å²) in [6.07, 6.45) is -3.09. The van der Waals surface area contributed by atoms with Crippen molar-refractivity contribution >= 4 is 5.82 Å². The highest BCUT2D eigenvalue weighted by Gasteiger charge is 2.32. The van der Waals surface area contributed by atoms with Crippen LogP contribution < -0.4 is 11.1 Å². The highest BCUT2D eigenvalue weighted by molar-refractivity contribution is 5.46. The number of nitrogens with one attached hydrogen (secondary N) is 1. The van der Waals surface area contributed by atoms with Crippen LogP contribution in [0.2, 0.25) is 0 Å². The van der Waals surface area contributed by atoms with Crippen molar-refractivity contribution in [3.8, 4) is 0 Å². The van der Waals surface area contributed by atoms with Gasteiger partial charge in [0, 0.05) is 17.3 Å². The molecule has 3 nitrogen and oxygen atoms in total. The third-order valence-electron chi connectivity index (χ3n) is 3.11. The predicted molar refractivity (Wildman–Crippen MR) is 71.0 cm³/mol. The quantitative estimate of drug-likeness (QED) is 0.856. The highest BCUT2D eigenvalue weighted by atomic mass is 19.4. The molecule has 0 fully saturated rings. The summed E-state index contributed by atoms with van der Waals surface area (Å²) in [7, 11) is 1.51. The van der Waals surface area contributed by atoms with Gasteiger partial charge >= 0.3 is 6.18 Å². The van der Waals surface area contributed by atoms with Gasteiger partial charge in [-0.3, -0.25) is 0 Å². The van der Waals surface area contributed by atoms with Crippen molar-refractivity contribution in [2.75, 3.05) is 12.8 Å². The Kier molecular flexibility index (Phi) is 4.13. The van der Waals surface area contributed by atoms with Crippen LogP contribution in [-0.4, -0.2) is 12.0 Å². The smallest absolute Gasteiger partial charge is 0.383 e. The van der Waals surface area contributed by atoms with Crippen LogP contribution in [0.25, 0.3) is 0 Å². The topological polar surface area (TPSA) is 50.9 Å². The van der Waals surface area contributed by atoms with E-state index in [9.17, 15) is 17.6 Å². The average molecular weight is 299 g/mol. The van der Waals surface area contributed by atoms with Gasteiger partial charge < -0.3 is 11.1 Å². The molecule has 0 saturated heterocycles. The van der Waals surface area contributed by atoms with Crippen molar-refractivity contribution in [3.63, 3.8) is 0 Å². The van der Waals surface area contributed by atoms with Gasteiger partial charge in [0.1, 0.15) is 11.6 Å². The van der Waals surface area contributed by atoms with Gasteiger partial charge in [-0.15, -0.1) is 0 Å². The molecule has 0 radical (unpaired) electrons. The first-order valence-electron chi connectivity index (χ1n) is 6.09. The number of nitrogens with two attached hydrogens (primary N) is 1. The molecule has 7 heteroatoms. The zero-order valence-corrected chi connectivity index (χ0v) is 11.1. The third-order valence-corrected chi connectivity index (χ3v) is 3.11. The van der Waals surface area contributed by atoms with Crippen LogP contribution in [-0.2, 0) is 6.18 Å². The molecular formula is C14H13F4N3. The van der Waals surface area contributed by atoms with Crippen LogP contribution in [0.3, 0.4) is 0 Å². The van der Waals surface area contributed by atoms with E-state index in [0.29, 0.717) is 11.6 Å². The Balaban J connectivity index is 2.55. The molecule has 2 aromatic rings. The Hall–Kier alpha value is -2.15. The van der Waals surface area contributed by atoms with Gasteiger partial charge in [-0.2, -0.15) is 13.2 Å². The van der Waals surface area contributed by atoms with Crippen molar-refractivity contribution in [2.24, 2.45) is 0 Å². The van der Waals surface area contributed by atoms with E-state index in [2.05, 4.69) is 10.3 Å². The first-order valence-corrected chi connectivity index (χ1v) is 6.09. The van der Waals surface area contributed by atoms with E-state index in [1.165, 1.54) is 13.2 Å². The Morgan fingerprint density at radius 3 is 2.48 bits per heavy atom. The SMILES string of the molecule is CNC(c1cc(C(F)(F)F)ccc1F)c1cccnc1N. The predicted octanol–water partition coefficient (Wildman–Crippen LogP) is 3.13. The molecule has 3 N–H and O–H groups in total. The highest BCUT2D eigenvalue weighted by Crippen LogP contribution is 2.34. The Morgan fingerprint density at radius 1 is 1.19 bits per heavy atom. The lowest BCUT2D eigenvalue weighted by Gasteiger charge is -2.20. The van der Waals surface area contributed by atoms with Gasteiger partial charge in [0.15, 0.2) is 0 Å². The van der Waals surface area contributed by atoms with E-state index in [0.717, 1.165) is 12.1 Å². The summed E-state index contributed by atoms with van der Waals surface area (Å²) in [5, 5.41) is 2.77. The normalized spacial score (nSPS) is 13.2. The van der Waals surface area contributed by atoms with E-state index in [-0.39, 0.29) is 11.4 Å². The molecule has 2 rings (SSSR count). The molecule has 0 bridgehead atoms. The molecule has 21 heavy (non-hydrogen) atoms. The summed E-state index contributed by atoms with van der Waals surface area (Å²) >= 11 is 0. The average Bonchev–Trinajstić information content (AvgIpc) is 2.42. The number of nitrogen functional groups attached to an aromatic ring is 1. The molecule has 1 unspecified atom stereocenters. The van der Waals surface area contributed by atoms with Crippen molar-refractivity contribution in [3.05, 3.63) is 59.0 Å². The molecule has 0 spiro atoms. The van der Waals surface area contributed by atoms with E-state index < -0.39 is 23.6 Å². The molecule has 0 saturated carbocycles. The van der Waals surface area contributed by atoms with E-state index in [1.54, 1.807) is 12.1 Å². The van der Waals surface area contributed by atoms with Gasteiger partial charge in [-0.05, 0) is 31.3 Å². The molecule has 1 aromatic heterocycles. The number of halogens is 4. The van der Waals surface area contributed by atoms with Gasteiger partial charge in [-0.25, -0.2) is 9.37 Å². The number of hydrogen-bond donors (Lipinski definition) is 2.